The summed E-state index contributed by atoms with van der Waals surface area (Å²) in [6, 6.07) is 6.42. The van der Waals surface area contributed by atoms with Crippen LogP contribution < -0.4 is 10.2 Å². The molecule has 0 unspecified atom stereocenters. The standard InChI is InChI=1S/C20H25FN4O/c1-3-11-22-20(26)17-13-23-18(15-7-9-16(21)10-8-15)24-19(17)25-12-5-4-6-14(25)2/h7-10,13-14H,3-6,11-12H2,1-2H3,(H,22,26)/t14-/m0/s1. The van der Waals surface area contributed by atoms with Crippen LogP contribution in [-0.2, 0) is 0 Å². The normalized spacial score (nSPS) is 17.2. The molecule has 1 atom stereocenters. The van der Waals surface area contributed by atoms with Gasteiger partial charge in [-0.15, -0.1) is 0 Å². The second kappa shape index (κ2) is 8.25. The number of nitrogens with one attached hydrogen (secondary N) is 1. The first-order valence-corrected chi connectivity index (χ1v) is 9.28. The van der Waals surface area contributed by atoms with Crippen LogP contribution >= 0.6 is 0 Å². The van der Waals surface area contributed by atoms with Crippen molar-refractivity contribution in [3.63, 3.8) is 0 Å². The molecule has 1 aromatic carbocycles. The molecule has 1 saturated heterocycles. The summed E-state index contributed by atoms with van der Waals surface area (Å²) >= 11 is 0. The zero-order chi connectivity index (χ0) is 18.5. The van der Waals surface area contributed by atoms with E-state index in [0.29, 0.717) is 29.8 Å². The smallest absolute Gasteiger partial charge is 0.256 e. The van der Waals surface area contributed by atoms with Gasteiger partial charge < -0.3 is 10.2 Å². The number of hydrogen-bond acceptors (Lipinski definition) is 4. The molecule has 138 valence electrons. The van der Waals surface area contributed by atoms with Crippen LogP contribution in [0.2, 0.25) is 0 Å². The van der Waals surface area contributed by atoms with Crippen LogP contribution in [0.5, 0.6) is 0 Å². The molecule has 0 bridgehead atoms. The number of rotatable bonds is 5. The van der Waals surface area contributed by atoms with E-state index in [1.165, 1.54) is 18.6 Å². The molecule has 1 fully saturated rings. The van der Waals surface area contributed by atoms with Gasteiger partial charge in [-0.25, -0.2) is 14.4 Å². The Bertz CT molecular complexity index is 763. The van der Waals surface area contributed by atoms with Crippen LogP contribution in [0.3, 0.4) is 0 Å². The Balaban J connectivity index is 2.01. The zero-order valence-electron chi connectivity index (χ0n) is 15.3. The van der Waals surface area contributed by atoms with Gasteiger partial charge in [0.25, 0.3) is 5.91 Å². The maximum atomic E-state index is 13.2. The SMILES string of the molecule is CCCNC(=O)c1cnc(-c2ccc(F)cc2)nc1N1CCCC[C@@H]1C. The Hall–Kier alpha value is -2.50. The number of carbonyl (C=O) groups is 1. The van der Waals surface area contributed by atoms with Gasteiger partial charge in [0.1, 0.15) is 17.2 Å². The highest BCUT2D eigenvalue weighted by Crippen LogP contribution is 2.28. The minimum Gasteiger partial charge on any atom is -0.353 e. The van der Waals surface area contributed by atoms with E-state index in [1.54, 1.807) is 18.3 Å². The predicted molar refractivity (Wildman–Crippen MR) is 101 cm³/mol. The van der Waals surface area contributed by atoms with E-state index < -0.39 is 0 Å². The first-order chi connectivity index (χ1) is 12.6. The minimum atomic E-state index is -0.297. The number of aromatic nitrogens is 2. The maximum Gasteiger partial charge on any atom is 0.256 e. The molecule has 0 aliphatic carbocycles. The molecule has 1 N–H and O–H groups in total. The average molecular weight is 356 g/mol. The van der Waals surface area contributed by atoms with Crippen molar-refractivity contribution >= 4 is 11.7 Å². The highest BCUT2D eigenvalue weighted by molar-refractivity contribution is 5.99. The molecule has 26 heavy (non-hydrogen) atoms. The van der Waals surface area contributed by atoms with Gasteiger partial charge in [0.2, 0.25) is 0 Å². The number of benzene rings is 1. The van der Waals surface area contributed by atoms with E-state index in [-0.39, 0.29) is 11.7 Å². The van der Waals surface area contributed by atoms with Gasteiger partial charge in [0.05, 0.1) is 0 Å². The van der Waals surface area contributed by atoms with E-state index in [1.807, 2.05) is 6.92 Å². The van der Waals surface area contributed by atoms with Gasteiger partial charge in [-0.3, -0.25) is 4.79 Å². The van der Waals surface area contributed by atoms with Crippen molar-refractivity contribution in [1.29, 1.82) is 0 Å². The van der Waals surface area contributed by atoms with Crippen LogP contribution in [0.15, 0.2) is 30.5 Å². The van der Waals surface area contributed by atoms with Crippen LogP contribution in [0.4, 0.5) is 10.2 Å². The monoisotopic (exact) mass is 356 g/mol. The van der Waals surface area contributed by atoms with E-state index in [2.05, 4.69) is 22.1 Å². The number of halogens is 1. The molecular weight excluding hydrogens is 331 g/mol. The van der Waals surface area contributed by atoms with Gasteiger partial charge in [-0.1, -0.05) is 6.92 Å². The van der Waals surface area contributed by atoms with Crippen molar-refractivity contribution < 1.29 is 9.18 Å². The van der Waals surface area contributed by atoms with Crippen LogP contribution in [0.25, 0.3) is 11.4 Å². The molecule has 1 aliphatic rings. The average Bonchev–Trinajstić information content (AvgIpc) is 2.66. The van der Waals surface area contributed by atoms with Gasteiger partial charge in [-0.2, -0.15) is 0 Å². The summed E-state index contributed by atoms with van der Waals surface area (Å²) in [6.45, 7) is 5.66. The van der Waals surface area contributed by atoms with Crippen molar-refractivity contribution in [3.8, 4) is 11.4 Å². The summed E-state index contributed by atoms with van der Waals surface area (Å²) in [4.78, 5) is 23.9. The van der Waals surface area contributed by atoms with Gasteiger partial charge in [-0.05, 0) is 56.9 Å². The lowest BCUT2D eigenvalue weighted by atomic mass is 10.0. The summed E-state index contributed by atoms with van der Waals surface area (Å²) < 4.78 is 13.2. The third kappa shape index (κ3) is 4.00. The largest absolute Gasteiger partial charge is 0.353 e. The molecule has 0 radical (unpaired) electrons. The van der Waals surface area contributed by atoms with E-state index in [9.17, 15) is 9.18 Å². The zero-order valence-corrected chi connectivity index (χ0v) is 15.3. The number of carbonyl (C=O) groups excluding carboxylic acids is 1. The quantitative estimate of drug-likeness (QED) is 0.885. The van der Waals surface area contributed by atoms with Crippen LogP contribution in [-0.4, -0.2) is 35.0 Å². The molecule has 6 heteroatoms. The molecule has 0 spiro atoms. The fourth-order valence-electron chi connectivity index (χ4n) is 3.24. The number of hydrogen-bond donors (Lipinski definition) is 1. The highest BCUT2D eigenvalue weighted by Gasteiger charge is 2.25. The lowest BCUT2D eigenvalue weighted by Gasteiger charge is -2.35. The third-order valence-corrected chi connectivity index (χ3v) is 4.73. The maximum absolute atomic E-state index is 13.2. The molecule has 2 heterocycles. The summed E-state index contributed by atoms with van der Waals surface area (Å²) in [6.07, 6.45) is 5.80. The highest BCUT2D eigenvalue weighted by atomic mass is 19.1. The number of nitrogens with zero attached hydrogens (tertiary/aromatic N) is 3. The molecule has 2 aromatic rings. The Labute approximate surface area is 153 Å². The summed E-state index contributed by atoms with van der Waals surface area (Å²) in [5.41, 5.74) is 1.23. The molecule has 0 saturated carbocycles. The minimum absolute atomic E-state index is 0.148. The summed E-state index contributed by atoms with van der Waals surface area (Å²) in [5, 5.41) is 2.91. The second-order valence-corrected chi connectivity index (χ2v) is 6.73. The fraction of sp³-hybridized carbons (Fsp3) is 0.450. The summed E-state index contributed by atoms with van der Waals surface area (Å²) in [5.74, 6) is 0.726. The van der Waals surface area contributed by atoms with Crippen molar-refractivity contribution in [2.45, 2.75) is 45.6 Å². The molecule has 1 aliphatic heterocycles. The Morgan fingerprint density at radius 3 is 2.77 bits per heavy atom. The number of anilines is 1. The second-order valence-electron chi connectivity index (χ2n) is 6.73. The first kappa shape index (κ1) is 18.3. The Kier molecular flexibility index (Phi) is 5.81. The molecule has 1 amide bonds. The van der Waals surface area contributed by atoms with Crippen LogP contribution in [0.1, 0.15) is 49.9 Å². The molecule has 1 aromatic heterocycles. The van der Waals surface area contributed by atoms with Crippen LogP contribution in [0, 0.1) is 5.82 Å². The number of piperidine rings is 1. The number of amides is 1. The van der Waals surface area contributed by atoms with Crippen molar-refractivity contribution in [3.05, 3.63) is 41.8 Å². The fourth-order valence-corrected chi connectivity index (χ4v) is 3.24. The van der Waals surface area contributed by atoms with Crippen molar-refractivity contribution in [2.24, 2.45) is 0 Å². The van der Waals surface area contributed by atoms with E-state index >= 15 is 0 Å². The van der Waals surface area contributed by atoms with Gasteiger partial charge >= 0.3 is 0 Å². The Morgan fingerprint density at radius 1 is 1.31 bits per heavy atom. The van der Waals surface area contributed by atoms with Crippen molar-refractivity contribution in [2.75, 3.05) is 18.0 Å². The third-order valence-electron chi connectivity index (χ3n) is 4.73. The molecule has 3 rings (SSSR count). The van der Waals surface area contributed by atoms with E-state index in [0.717, 1.165) is 31.4 Å². The van der Waals surface area contributed by atoms with Gasteiger partial charge in [0.15, 0.2) is 5.82 Å². The lowest BCUT2D eigenvalue weighted by molar-refractivity contribution is 0.0953. The molecular formula is C20H25FN4O. The lowest BCUT2D eigenvalue weighted by Crippen LogP contribution is -2.40. The van der Waals surface area contributed by atoms with Gasteiger partial charge in [0, 0.05) is 30.9 Å². The first-order valence-electron chi connectivity index (χ1n) is 9.28. The van der Waals surface area contributed by atoms with Crippen molar-refractivity contribution in [1.82, 2.24) is 15.3 Å². The van der Waals surface area contributed by atoms with E-state index in [4.69, 9.17) is 4.98 Å². The topological polar surface area (TPSA) is 58.1 Å². The summed E-state index contributed by atoms with van der Waals surface area (Å²) in [7, 11) is 0. The molecule has 5 nitrogen and oxygen atoms in total. The predicted octanol–water partition coefficient (Wildman–Crippen LogP) is 3.80. The Morgan fingerprint density at radius 2 is 2.08 bits per heavy atom.